The fraction of sp³-hybridized carbons (Fsp3) is 0.429. The van der Waals surface area contributed by atoms with E-state index in [1.807, 2.05) is 12.1 Å². The van der Waals surface area contributed by atoms with E-state index in [-0.39, 0.29) is 16.9 Å². The molecule has 1 aromatic carbocycles. The van der Waals surface area contributed by atoms with E-state index in [0.717, 1.165) is 29.8 Å². The first-order valence-electron chi connectivity index (χ1n) is 6.24. The molecule has 1 aliphatic heterocycles. The molecule has 1 amide bonds. The molecule has 0 saturated heterocycles. The highest BCUT2D eigenvalue weighted by molar-refractivity contribution is 8.01. The zero-order valence-electron chi connectivity index (χ0n) is 10.7. The molecule has 2 rings (SSSR count). The van der Waals surface area contributed by atoms with Crippen molar-refractivity contribution in [2.24, 2.45) is 0 Å². The number of rotatable bonds is 4. The summed E-state index contributed by atoms with van der Waals surface area (Å²) in [5, 5.41) is 2.90. The first-order valence-corrected chi connectivity index (χ1v) is 7.12. The normalized spacial score (nSPS) is 18.1. The van der Waals surface area contributed by atoms with Gasteiger partial charge < -0.3 is 5.32 Å². The van der Waals surface area contributed by atoms with Gasteiger partial charge in [0.1, 0.15) is 0 Å². The van der Waals surface area contributed by atoms with E-state index in [2.05, 4.69) is 12.2 Å². The summed E-state index contributed by atoms with van der Waals surface area (Å²) in [6, 6.07) is 5.51. The second-order valence-electron chi connectivity index (χ2n) is 4.51. The van der Waals surface area contributed by atoms with Crippen molar-refractivity contribution >= 4 is 29.1 Å². The fourth-order valence-electron chi connectivity index (χ4n) is 1.95. The van der Waals surface area contributed by atoms with Crippen LogP contribution in [0.25, 0.3) is 0 Å². The van der Waals surface area contributed by atoms with Crippen LogP contribution in [0, 0.1) is 0 Å². The number of amides is 1. The summed E-state index contributed by atoms with van der Waals surface area (Å²) in [4.78, 5) is 24.3. The predicted molar refractivity (Wildman–Crippen MR) is 74.2 cm³/mol. The Bertz CT molecular complexity index is 485. The lowest BCUT2D eigenvalue weighted by Crippen LogP contribution is -2.29. The van der Waals surface area contributed by atoms with Crippen molar-refractivity contribution in [2.45, 2.75) is 43.3 Å². The minimum atomic E-state index is 0.000582. The maximum Gasteiger partial charge on any atom is 0.237 e. The highest BCUT2D eigenvalue weighted by atomic mass is 32.2. The molecule has 0 fully saturated rings. The largest absolute Gasteiger partial charge is 0.324 e. The second-order valence-corrected chi connectivity index (χ2v) is 5.75. The lowest BCUT2D eigenvalue weighted by Gasteiger charge is -2.24. The molecule has 0 aromatic heterocycles. The van der Waals surface area contributed by atoms with Crippen LogP contribution in [0.4, 0.5) is 5.69 Å². The molecule has 1 aliphatic rings. The summed E-state index contributed by atoms with van der Waals surface area (Å²) in [7, 11) is 0. The number of hydrogen-bond acceptors (Lipinski definition) is 3. The Morgan fingerprint density at radius 1 is 1.44 bits per heavy atom. The van der Waals surface area contributed by atoms with E-state index in [4.69, 9.17) is 0 Å². The van der Waals surface area contributed by atoms with Gasteiger partial charge in [-0.3, -0.25) is 9.59 Å². The van der Waals surface area contributed by atoms with Crippen LogP contribution >= 0.6 is 11.8 Å². The number of ketones is 1. The van der Waals surface area contributed by atoms with E-state index in [1.165, 1.54) is 6.92 Å². The monoisotopic (exact) mass is 263 g/mol. The smallest absolute Gasteiger partial charge is 0.237 e. The highest BCUT2D eigenvalue weighted by Crippen LogP contribution is 2.38. The number of hydrogen-bond donors (Lipinski definition) is 1. The number of thioether (sulfide) groups is 1. The van der Waals surface area contributed by atoms with Crippen LogP contribution in [0.5, 0.6) is 0 Å². The van der Waals surface area contributed by atoms with Gasteiger partial charge >= 0.3 is 0 Å². The molecule has 4 heteroatoms. The van der Waals surface area contributed by atoms with Crippen LogP contribution < -0.4 is 5.32 Å². The van der Waals surface area contributed by atoms with Crippen LogP contribution in [0.1, 0.15) is 43.5 Å². The van der Waals surface area contributed by atoms with Gasteiger partial charge in [0.25, 0.3) is 0 Å². The zero-order valence-corrected chi connectivity index (χ0v) is 11.5. The summed E-state index contributed by atoms with van der Waals surface area (Å²) in [5.41, 5.74) is 1.41. The number of Topliss-reactive ketones (excluding diaryl/α,β-unsaturated/α-hetero) is 1. The summed E-state index contributed by atoms with van der Waals surface area (Å²) in [5.74, 6) is 0.0757. The standard InChI is InChI=1S/C14H17NO2S/c1-3-4-5-13-14(17)15-11-8-10(9(2)16)6-7-12(11)18-13/h6-8,13H,3-5H2,1-2H3,(H,15,17). The summed E-state index contributed by atoms with van der Waals surface area (Å²) >= 11 is 1.60. The van der Waals surface area contributed by atoms with E-state index >= 15 is 0 Å². The average Bonchev–Trinajstić information content (AvgIpc) is 2.35. The molecule has 0 saturated carbocycles. The summed E-state index contributed by atoms with van der Waals surface area (Å²) < 4.78 is 0. The number of nitrogens with one attached hydrogen (secondary N) is 1. The highest BCUT2D eigenvalue weighted by Gasteiger charge is 2.26. The molecule has 0 aliphatic carbocycles. The third-order valence-electron chi connectivity index (χ3n) is 3.03. The number of fused-ring (bicyclic) bond motifs is 1. The van der Waals surface area contributed by atoms with Crippen molar-refractivity contribution in [1.82, 2.24) is 0 Å². The van der Waals surface area contributed by atoms with E-state index in [9.17, 15) is 9.59 Å². The van der Waals surface area contributed by atoms with Gasteiger partial charge in [0.15, 0.2) is 5.78 Å². The third-order valence-corrected chi connectivity index (χ3v) is 4.37. The van der Waals surface area contributed by atoms with Gasteiger partial charge in [0, 0.05) is 10.5 Å². The molecule has 1 aromatic rings. The Balaban J connectivity index is 2.20. The number of carbonyl (C=O) groups is 2. The van der Waals surface area contributed by atoms with Gasteiger partial charge in [0.2, 0.25) is 5.91 Å². The van der Waals surface area contributed by atoms with Crippen LogP contribution in [0.2, 0.25) is 0 Å². The van der Waals surface area contributed by atoms with Crippen molar-refractivity contribution in [3.63, 3.8) is 0 Å². The first-order chi connectivity index (χ1) is 8.61. The van der Waals surface area contributed by atoms with Gasteiger partial charge in [0.05, 0.1) is 10.9 Å². The van der Waals surface area contributed by atoms with Gasteiger partial charge in [-0.25, -0.2) is 0 Å². The maximum absolute atomic E-state index is 11.9. The predicted octanol–water partition coefficient (Wildman–Crippen LogP) is 3.49. The number of carbonyl (C=O) groups excluding carboxylic acids is 2. The molecule has 1 N–H and O–H groups in total. The van der Waals surface area contributed by atoms with Gasteiger partial charge in [-0.15, -0.1) is 11.8 Å². The molecule has 1 heterocycles. The third kappa shape index (κ3) is 2.75. The van der Waals surface area contributed by atoms with Crippen molar-refractivity contribution in [2.75, 3.05) is 5.32 Å². The molecule has 96 valence electrons. The van der Waals surface area contributed by atoms with Gasteiger partial charge in [-0.05, 0) is 25.5 Å². The van der Waals surface area contributed by atoms with Crippen molar-refractivity contribution in [3.8, 4) is 0 Å². The Kier molecular flexibility index (Phi) is 4.07. The molecule has 1 atom stereocenters. The number of benzene rings is 1. The van der Waals surface area contributed by atoms with Crippen molar-refractivity contribution in [1.29, 1.82) is 0 Å². The van der Waals surface area contributed by atoms with Crippen LogP contribution in [-0.2, 0) is 4.79 Å². The number of anilines is 1. The van der Waals surface area contributed by atoms with Crippen molar-refractivity contribution in [3.05, 3.63) is 23.8 Å². The molecule has 18 heavy (non-hydrogen) atoms. The molecular weight excluding hydrogens is 246 g/mol. The molecule has 3 nitrogen and oxygen atoms in total. The number of unbranched alkanes of at least 4 members (excludes halogenated alkanes) is 1. The van der Waals surface area contributed by atoms with E-state index in [0.29, 0.717) is 5.56 Å². The average molecular weight is 263 g/mol. The Labute approximate surface area is 111 Å². The molecule has 0 spiro atoms. The zero-order chi connectivity index (χ0) is 13.1. The molecule has 0 bridgehead atoms. The minimum absolute atomic E-state index is 0.000582. The first kappa shape index (κ1) is 13.1. The maximum atomic E-state index is 11.9. The van der Waals surface area contributed by atoms with Gasteiger partial charge in [-0.1, -0.05) is 25.8 Å². The summed E-state index contributed by atoms with van der Waals surface area (Å²) in [6.07, 6.45) is 3.06. The molecule has 1 unspecified atom stereocenters. The molecular formula is C14H17NO2S. The van der Waals surface area contributed by atoms with Crippen LogP contribution in [0.15, 0.2) is 23.1 Å². The van der Waals surface area contributed by atoms with E-state index in [1.54, 1.807) is 17.8 Å². The second kappa shape index (κ2) is 5.57. The minimum Gasteiger partial charge on any atom is -0.324 e. The Hall–Kier alpha value is -1.29. The van der Waals surface area contributed by atoms with E-state index < -0.39 is 0 Å². The Morgan fingerprint density at radius 2 is 2.22 bits per heavy atom. The quantitative estimate of drug-likeness (QED) is 0.846. The van der Waals surface area contributed by atoms with Crippen LogP contribution in [-0.4, -0.2) is 16.9 Å². The topological polar surface area (TPSA) is 46.2 Å². The van der Waals surface area contributed by atoms with Gasteiger partial charge in [-0.2, -0.15) is 0 Å². The lowest BCUT2D eigenvalue weighted by atomic mass is 10.1. The summed E-state index contributed by atoms with van der Waals surface area (Å²) in [6.45, 7) is 3.65. The SMILES string of the molecule is CCCCC1Sc2ccc(C(C)=O)cc2NC1=O. The fourth-order valence-corrected chi connectivity index (χ4v) is 3.09. The van der Waals surface area contributed by atoms with Crippen molar-refractivity contribution < 1.29 is 9.59 Å². The lowest BCUT2D eigenvalue weighted by molar-refractivity contribution is -0.115. The van der Waals surface area contributed by atoms with Crippen LogP contribution in [0.3, 0.4) is 0 Å². The Morgan fingerprint density at radius 3 is 2.89 bits per heavy atom. The molecule has 0 radical (unpaired) electrons.